The maximum atomic E-state index is 13.1. The molecule has 2 aliphatic rings. The number of hydrogen-bond donors (Lipinski definition) is 2. The van der Waals surface area contributed by atoms with Gasteiger partial charge >= 0.3 is 6.09 Å². The van der Waals surface area contributed by atoms with Gasteiger partial charge < -0.3 is 15.0 Å². The third-order valence-electron chi connectivity index (χ3n) is 7.12. The summed E-state index contributed by atoms with van der Waals surface area (Å²) in [5, 5.41) is 6.71. The van der Waals surface area contributed by atoms with Crippen LogP contribution in [0, 0.1) is 0 Å². The second kappa shape index (κ2) is 9.78. The Balaban J connectivity index is 1.12. The van der Waals surface area contributed by atoms with E-state index < -0.39 is 12.1 Å². The van der Waals surface area contributed by atoms with Crippen molar-refractivity contribution < 1.29 is 14.3 Å². The summed E-state index contributed by atoms with van der Waals surface area (Å²) in [6.07, 6.45) is 5.62. The molecule has 0 radical (unpaired) electrons. The number of hydrogen-bond acceptors (Lipinski definition) is 5. The van der Waals surface area contributed by atoms with Gasteiger partial charge in [-0.05, 0) is 61.8 Å². The average Bonchev–Trinajstić information content (AvgIpc) is 3.66. The highest BCUT2D eigenvalue weighted by molar-refractivity contribution is 7.14. The van der Waals surface area contributed by atoms with Crippen LogP contribution >= 0.6 is 11.3 Å². The Labute approximate surface area is 213 Å². The monoisotopic (exact) mass is 500 g/mol. The Hall–Kier alpha value is -3.65. The predicted molar refractivity (Wildman–Crippen MR) is 141 cm³/mol. The second-order valence-electron chi connectivity index (χ2n) is 9.47. The molecule has 7 nitrogen and oxygen atoms in total. The Morgan fingerprint density at radius 2 is 1.97 bits per heavy atom. The number of carbonyl (C=O) groups is 2. The Kier molecular flexibility index (Phi) is 6.19. The van der Waals surface area contributed by atoms with E-state index in [1.54, 1.807) is 0 Å². The first kappa shape index (κ1) is 22.8. The van der Waals surface area contributed by atoms with Gasteiger partial charge in [0.05, 0.1) is 5.69 Å². The number of carbonyl (C=O) groups excluding carboxylic acids is 2. The van der Waals surface area contributed by atoms with Gasteiger partial charge in [-0.3, -0.25) is 9.69 Å². The molecule has 4 aromatic rings. The van der Waals surface area contributed by atoms with E-state index in [1.165, 1.54) is 51.2 Å². The Morgan fingerprint density at radius 3 is 2.86 bits per heavy atom. The third-order valence-corrected chi connectivity index (χ3v) is 7.88. The highest BCUT2D eigenvalue weighted by atomic mass is 32.1. The Bertz CT molecular complexity index is 1410. The van der Waals surface area contributed by atoms with Crippen molar-refractivity contribution in [2.45, 2.75) is 51.2 Å². The van der Waals surface area contributed by atoms with Crippen molar-refractivity contribution in [3.63, 3.8) is 0 Å². The van der Waals surface area contributed by atoms with E-state index in [9.17, 15) is 9.59 Å². The van der Waals surface area contributed by atoms with Crippen molar-refractivity contribution in [3.8, 4) is 11.3 Å². The van der Waals surface area contributed by atoms with Gasteiger partial charge in [0, 0.05) is 34.1 Å². The number of likely N-dealkylation sites (tertiary alicyclic amines) is 1. The first-order valence-corrected chi connectivity index (χ1v) is 13.4. The van der Waals surface area contributed by atoms with E-state index in [0.717, 1.165) is 36.1 Å². The van der Waals surface area contributed by atoms with Crippen LogP contribution in [0.15, 0.2) is 53.9 Å². The van der Waals surface area contributed by atoms with Crippen molar-refractivity contribution in [1.29, 1.82) is 0 Å². The molecule has 6 rings (SSSR count). The number of anilines is 1. The number of nitrogens with zero attached hydrogens (tertiary/aromatic N) is 2. The molecule has 2 amide bonds. The zero-order valence-electron chi connectivity index (χ0n) is 20.0. The number of thiazole rings is 1. The summed E-state index contributed by atoms with van der Waals surface area (Å²) in [5.74, 6) is -0.222. The summed E-state index contributed by atoms with van der Waals surface area (Å²) in [4.78, 5) is 35.5. The molecule has 0 spiro atoms. The number of ether oxygens (including phenoxy) is 1. The fourth-order valence-corrected chi connectivity index (χ4v) is 6.00. The molecule has 1 atom stereocenters. The molecule has 2 N–H and O–H groups in total. The summed E-state index contributed by atoms with van der Waals surface area (Å²) in [5.41, 5.74) is 6.77. The summed E-state index contributed by atoms with van der Waals surface area (Å²) in [6.45, 7) is 0.699. The fourth-order valence-electron chi connectivity index (χ4n) is 5.28. The number of fused-ring (bicyclic) bond motifs is 3. The molecule has 1 aliphatic heterocycles. The minimum absolute atomic E-state index is 0.190. The molecule has 2 aromatic carbocycles. The van der Waals surface area contributed by atoms with Crippen molar-refractivity contribution in [1.82, 2.24) is 14.9 Å². The van der Waals surface area contributed by atoms with E-state index in [2.05, 4.69) is 33.5 Å². The molecular formula is C28H28N4O3S. The normalized spacial score (nSPS) is 17.2. The zero-order valence-corrected chi connectivity index (χ0v) is 20.8. The third kappa shape index (κ3) is 4.48. The summed E-state index contributed by atoms with van der Waals surface area (Å²) < 4.78 is 5.46. The van der Waals surface area contributed by atoms with Crippen LogP contribution in [0.3, 0.4) is 0 Å². The maximum Gasteiger partial charge on any atom is 0.410 e. The van der Waals surface area contributed by atoms with Crippen molar-refractivity contribution >= 4 is 39.4 Å². The van der Waals surface area contributed by atoms with E-state index >= 15 is 0 Å². The van der Waals surface area contributed by atoms with E-state index in [-0.39, 0.29) is 12.5 Å². The fraction of sp³-hybridized carbons (Fsp3) is 0.321. The molecule has 1 aliphatic carbocycles. The highest BCUT2D eigenvalue weighted by Gasteiger charge is 2.35. The van der Waals surface area contributed by atoms with Gasteiger partial charge in [-0.15, -0.1) is 11.3 Å². The topological polar surface area (TPSA) is 87.3 Å². The number of aromatic amines is 1. The molecule has 36 heavy (non-hydrogen) atoms. The van der Waals surface area contributed by atoms with Crippen LogP contribution in [0.5, 0.6) is 0 Å². The number of nitrogens with one attached hydrogen (secondary N) is 2. The van der Waals surface area contributed by atoms with E-state index in [1.807, 2.05) is 35.7 Å². The first-order chi connectivity index (χ1) is 17.7. The zero-order chi connectivity index (χ0) is 24.5. The van der Waals surface area contributed by atoms with Crippen molar-refractivity contribution in [3.05, 3.63) is 70.7 Å². The number of aromatic nitrogens is 2. The molecule has 1 fully saturated rings. The molecule has 0 unspecified atom stereocenters. The molecule has 0 saturated carbocycles. The molecule has 3 heterocycles. The van der Waals surface area contributed by atoms with Crippen LogP contribution in [0.4, 0.5) is 9.93 Å². The lowest BCUT2D eigenvalue weighted by Crippen LogP contribution is -2.43. The second-order valence-corrected chi connectivity index (χ2v) is 10.3. The Morgan fingerprint density at radius 1 is 1.11 bits per heavy atom. The molecule has 0 bridgehead atoms. The molecule has 1 saturated heterocycles. The SMILES string of the molecule is O=C(Nc1nc(-c2ccc3[nH]c4c(c3c2)CCCC4)cs1)[C@@H]1CCCN1C(=O)OCc1ccccc1. The molecule has 2 aromatic heterocycles. The van der Waals surface area contributed by atoms with Gasteiger partial charge in [-0.25, -0.2) is 9.78 Å². The van der Waals surface area contributed by atoms with Gasteiger partial charge in [0.25, 0.3) is 0 Å². The first-order valence-electron chi connectivity index (χ1n) is 12.5. The van der Waals surface area contributed by atoms with Gasteiger partial charge in [0.1, 0.15) is 12.6 Å². The van der Waals surface area contributed by atoms with Gasteiger partial charge in [-0.1, -0.05) is 36.4 Å². The summed E-state index contributed by atoms with van der Waals surface area (Å²) in [7, 11) is 0. The predicted octanol–water partition coefficient (Wildman–Crippen LogP) is 5.91. The maximum absolute atomic E-state index is 13.1. The number of amides is 2. The van der Waals surface area contributed by atoms with E-state index in [4.69, 9.17) is 4.74 Å². The lowest BCUT2D eigenvalue weighted by Gasteiger charge is -2.22. The van der Waals surface area contributed by atoms with Crippen LogP contribution in [0.1, 0.15) is 42.5 Å². The minimum atomic E-state index is -0.552. The van der Waals surface area contributed by atoms with E-state index in [0.29, 0.717) is 18.1 Å². The smallest absolute Gasteiger partial charge is 0.410 e. The van der Waals surface area contributed by atoms with Crippen LogP contribution in [-0.2, 0) is 29.0 Å². The lowest BCUT2D eigenvalue weighted by molar-refractivity contribution is -0.120. The number of rotatable bonds is 5. The summed E-state index contributed by atoms with van der Waals surface area (Å²) in [6, 6.07) is 15.4. The van der Waals surface area contributed by atoms with Gasteiger partial charge in [-0.2, -0.15) is 0 Å². The standard InChI is InChI=1S/C28H28N4O3S/c33-26(25-11-6-14-32(25)28(34)35-16-18-7-2-1-3-8-18)31-27-30-24(17-36-27)19-12-13-23-21(15-19)20-9-4-5-10-22(20)29-23/h1-3,7-8,12-13,15,17,25,29H,4-6,9-11,14,16H2,(H,30,31,33)/t25-/m0/s1. The highest BCUT2D eigenvalue weighted by Crippen LogP contribution is 2.33. The minimum Gasteiger partial charge on any atom is -0.445 e. The summed E-state index contributed by atoms with van der Waals surface area (Å²) >= 11 is 1.40. The number of benzene rings is 2. The molecule has 8 heteroatoms. The molecule has 184 valence electrons. The lowest BCUT2D eigenvalue weighted by atomic mass is 9.95. The van der Waals surface area contributed by atoms with Gasteiger partial charge in [0.2, 0.25) is 5.91 Å². The van der Waals surface area contributed by atoms with Crippen LogP contribution in [-0.4, -0.2) is 39.5 Å². The number of H-pyrrole nitrogens is 1. The van der Waals surface area contributed by atoms with Crippen molar-refractivity contribution in [2.24, 2.45) is 0 Å². The van der Waals surface area contributed by atoms with Crippen LogP contribution in [0.25, 0.3) is 22.2 Å². The van der Waals surface area contributed by atoms with Crippen LogP contribution in [0.2, 0.25) is 0 Å². The average molecular weight is 501 g/mol. The number of aryl methyl sites for hydroxylation is 2. The largest absolute Gasteiger partial charge is 0.445 e. The van der Waals surface area contributed by atoms with Crippen molar-refractivity contribution in [2.75, 3.05) is 11.9 Å². The van der Waals surface area contributed by atoms with Gasteiger partial charge in [0.15, 0.2) is 5.13 Å². The molecular weight excluding hydrogens is 472 g/mol. The van der Waals surface area contributed by atoms with Crippen LogP contribution < -0.4 is 5.32 Å². The quantitative estimate of drug-likeness (QED) is 0.357.